The van der Waals surface area contributed by atoms with Gasteiger partial charge >= 0.3 is 0 Å². The molecule has 12 heavy (non-hydrogen) atoms. The number of ketones is 1. The van der Waals surface area contributed by atoms with Crippen molar-refractivity contribution in [3.63, 3.8) is 0 Å². The predicted molar refractivity (Wildman–Crippen MR) is 42.4 cm³/mol. The Balaban J connectivity index is 2.00. The molecule has 4 saturated carbocycles. The molecule has 0 spiro atoms. The lowest BCUT2D eigenvalue weighted by atomic mass is 9.54. The molecular formula is C10H13FO. The largest absolute Gasteiger partial charge is 0.299 e. The minimum atomic E-state index is -0.940. The zero-order chi connectivity index (χ0) is 8.34. The average molecular weight is 168 g/mol. The van der Waals surface area contributed by atoms with Crippen LogP contribution in [0, 0.1) is 17.8 Å². The van der Waals surface area contributed by atoms with E-state index in [1.54, 1.807) is 0 Å². The van der Waals surface area contributed by atoms with Crippen molar-refractivity contribution < 1.29 is 9.18 Å². The molecule has 4 fully saturated rings. The topological polar surface area (TPSA) is 17.1 Å². The van der Waals surface area contributed by atoms with Crippen LogP contribution < -0.4 is 0 Å². The monoisotopic (exact) mass is 168 g/mol. The minimum absolute atomic E-state index is 0.0984. The summed E-state index contributed by atoms with van der Waals surface area (Å²) in [6.45, 7) is 0. The van der Waals surface area contributed by atoms with Crippen LogP contribution in [0.4, 0.5) is 4.39 Å². The lowest BCUT2D eigenvalue weighted by Gasteiger charge is -2.51. The molecule has 0 radical (unpaired) electrons. The van der Waals surface area contributed by atoms with E-state index < -0.39 is 5.67 Å². The summed E-state index contributed by atoms with van der Waals surface area (Å²) in [5, 5.41) is 0. The Morgan fingerprint density at radius 1 is 1.17 bits per heavy atom. The number of hydrogen-bond acceptors (Lipinski definition) is 1. The highest BCUT2D eigenvalue weighted by Crippen LogP contribution is 2.55. The summed E-state index contributed by atoms with van der Waals surface area (Å²) < 4.78 is 13.9. The Morgan fingerprint density at radius 2 is 1.75 bits per heavy atom. The molecule has 0 amide bonds. The van der Waals surface area contributed by atoms with Crippen LogP contribution in [-0.2, 0) is 4.79 Å². The van der Waals surface area contributed by atoms with Crippen molar-refractivity contribution in [2.24, 2.45) is 17.8 Å². The maximum Gasteiger partial charge on any atom is 0.139 e. The van der Waals surface area contributed by atoms with E-state index in [1.165, 1.54) is 0 Å². The zero-order valence-electron chi connectivity index (χ0n) is 7.05. The Kier molecular flexibility index (Phi) is 1.12. The van der Waals surface area contributed by atoms with E-state index in [0.717, 1.165) is 19.3 Å². The molecule has 4 rings (SSSR count). The number of carbonyl (C=O) groups excluding carboxylic acids is 1. The van der Waals surface area contributed by atoms with Gasteiger partial charge in [-0.2, -0.15) is 0 Å². The molecule has 4 aliphatic rings. The molecule has 0 aliphatic heterocycles. The summed E-state index contributed by atoms with van der Waals surface area (Å²) in [6.07, 6.45) is 3.80. The number of halogens is 1. The van der Waals surface area contributed by atoms with Gasteiger partial charge in [-0.25, -0.2) is 4.39 Å². The normalized spacial score (nSPS) is 56.4. The first-order valence-corrected chi connectivity index (χ1v) is 4.89. The summed E-state index contributed by atoms with van der Waals surface area (Å²) in [7, 11) is 0. The Morgan fingerprint density at radius 3 is 2.25 bits per heavy atom. The second-order valence-corrected chi connectivity index (χ2v) is 4.90. The second kappa shape index (κ2) is 1.91. The summed E-state index contributed by atoms with van der Waals surface area (Å²) in [4.78, 5) is 11.5. The van der Waals surface area contributed by atoms with E-state index in [4.69, 9.17) is 0 Å². The number of alkyl halides is 1. The third-order valence-electron chi connectivity index (χ3n) is 3.92. The van der Waals surface area contributed by atoms with E-state index in [9.17, 15) is 9.18 Å². The van der Waals surface area contributed by atoms with Crippen LogP contribution in [-0.4, -0.2) is 11.5 Å². The van der Waals surface area contributed by atoms with Gasteiger partial charge in [-0.1, -0.05) is 0 Å². The Bertz CT molecular complexity index is 230. The van der Waals surface area contributed by atoms with Gasteiger partial charge in [0, 0.05) is 11.8 Å². The number of Topliss-reactive ketones (excluding diaryl/α,β-unsaturated/α-hetero) is 1. The molecule has 0 aromatic rings. The highest BCUT2D eigenvalue weighted by atomic mass is 19.1. The number of hydrogen-bond donors (Lipinski definition) is 0. The molecule has 0 N–H and O–H groups in total. The lowest BCUT2D eigenvalue weighted by molar-refractivity contribution is -0.149. The van der Waals surface area contributed by atoms with Crippen molar-refractivity contribution in [2.75, 3.05) is 0 Å². The molecule has 2 unspecified atom stereocenters. The molecule has 4 aliphatic carbocycles. The highest BCUT2D eigenvalue weighted by Gasteiger charge is 2.55. The first-order valence-electron chi connectivity index (χ1n) is 4.89. The maximum atomic E-state index is 13.9. The van der Waals surface area contributed by atoms with Gasteiger partial charge in [-0.15, -0.1) is 0 Å². The zero-order valence-corrected chi connectivity index (χ0v) is 7.05. The molecule has 66 valence electrons. The molecule has 0 saturated heterocycles. The van der Waals surface area contributed by atoms with Crippen LogP contribution in [0.15, 0.2) is 0 Å². The van der Waals surface area contributed by atoms with E-state index in [0.29, 0.717) is 24.5 Å². The van der Waals surface area contributed by atoms with E-state index in [-0.39, 0.29) is 11.8 Å². The average Bonchev–Trinajstić information content (AvgIpc) is 1.96. The smallest absolute Gasteiger partial charge is 0.139 e. The first-order chi connectivity index (χ1) is 5.66. The molecule has 0 aromatic heterocycles. The fraction of sp³-hybridized carbons (Fsp3) is 0.900. The molecule has 0 heterocycles. The maximum absolute atomic E-state index is 13.9. The fourth-order valence-corrected chi connectivity index (χ4v) is 3.65. The second-order valence-electron chi connectivity index (χ2n) is 4.90. The third-order valence-corrected chi connectivity index (χ3v) is 3.92. The van der Waals surface area contributed by atoms with Crippen LogP contribution in [0.2, 0.25) is 0 Å². The molecule has 1 nitrogen and oxygen atoms in total. The van der Waals surface area contributed by atoms with Crippen molar-refractivity contribution in [1.29, 1.82) is 0 Å². The van der Waals surface area contributed by atoms with Crippen LogP contribution in [0.3, 0.4) is 0 Å². The molecule has 0 aromatic carbocycles. The van der Waals surface area contributed by atoms with E-state index in [1.807, 2.05) is 0 Å². The molecule has 4 atom stereocenters. The van der Waals surface area contributed by atoms with Gasteiger partial charge in [0.1, 0.15) is 11.5 Å². The summed E-state index contributed by atoms with van der Waals surface area (Å²) >= 11 is 0. The summed E-state index contributed by atoms with van der Waals surface area (Å²) in [5.41, 5.74) is -0.940. The minimum Gasteiger partial charge on any atom is -0.299 e. The van der Waals surface area contributed by atoms with E-state index >= 15 is 0 Å². The molecular weight excluding hydrogens is 155 g/mol. The van der Waals surface area contributed by atoms with Crippen LogP contribution in [0.25, 0.3) is 0 Å². The molecule has 2 heteroatoms. The predicted octanol–water partition coefficient (Wildman–Crippen LogP) is 2.10. The Labute approximate surface area is 71.3 Å². The van der Waals surface area contributed by atoms with Gasteiger partial charge < -0.3 is 0 Å². The number of rotatable bonds is 0. The van der Waals surface area contributed by atoms with Crippen LogP contribution in [0.1, 0.15) is 32.1 Å². The van der Waals surface area contributed by atoms with Gasteiger partial charge in [0.05, 0.1) is 0 Å². The highest BCUT2D eigenvalue weighted by molar-refractivity contribution is 5.85. The van der Waals surface area contributed by atoms with Gasteiger partial charge in [-0.3, -0.25) is 4.79 Å². The molecule has 4 bridgehead atoms. The van der Waals surface area contributed by atoms with Crippen molar-refractivity contribution in [3.05, 3.63) is 0 Å². The lowest BCUT2D eigenvalue weighted by Crippen LogP contribution is -2.52. The standard InChI is InChI=1S/C10H13FO/c11-10-3-6-1-7(4-10)9(12)8(2-6)5-10/h6-8H,1-5H2/t6?,7-,8+,10?. The van der Waals surface area contributed by atoms with Crippen LogP contribution in [0.5, 0.6) is 0 Å². The van der Waals surface area contributed by atoms with Crippen molar-refractivity contribution >= 4 is 5.78 Å². The van der Waals surface area contributed by atoms with Gasteiger partial charge in [-0.05, 0) is 38.0 Å². The van der Waals surface area contributed by atoms with Gasteiger partial charge in [0.15, 0.2) is 0 Å². The van der Waals surface area contributed by atoms with Crippen molar-refractivity contribution in [2.45, 2.75) is 37.8 Å². The number of carbonyl (C=O) groups is 1. The quantitative estimate of drug-likeness (QED) is 0.541. The van der Waals surface area contributed by atoms with E-state index in [2.05, 4.69) is 0 Å². The fourth-order valence-electron chi connectivity index (χ4n) is 3.65. The van der Waals surface area contributed by atoms with Crippen LogP contribution >= 0.6 is 0 Å². The third kappa shape index (κ3) is 0.758. The van der Waals surface area contributed by atoms with Crippen molar-refractivity contribution in [3.8, 4) is 0 Å². The van der Waals surface area contributed by atoms with Crippen molar-refractivity contribution in [1.82, 2.24) is 0 Å². The summed E-state index contributed by atoms with van der Waals surface area (Å²) in [5.74, 6) is 1.10. The van der Waals surface area contributed by atoms with Gasteiger partial charge in [0.25, 0.3) is 0 Å². The first kappa shape index (κ1) is 7.05. The van der Waals surface area contributed by atoms with Gasteiger partial charge in [0.2, 0.25) is 0 Å². The SMILES string of the molecule is O=C1[C@@H]2CC3C[C@H]1CC(F)(C3)C2. The Hall–Kier alpha value is -0.400. The summed E-state index contributed by atoms with van der Waals surface area (Å²) in [6, 6.07) is 0.